The molecule has 1 heterocycles. The van der Waals surface area contributed by atoms with Crippen LogP contribution in [-0.4, -0.2) is 23.4 Å². The first kappa shape index (κ1) is 19.3. The van der Waals surface area contributed by atoms with Crippen LogP contribution in [0.15, 0.2) is 66.7 Å². The highest BCUT2D eigenvalue weighted by Crippen LogP contribution is 2.55. The van der Waals surface area contributed by atoms with E-state index in [2.05, 4.69) is 47.4 Å². The number of benzene rings is 3. The molecule has 2 fully saturated rings. The summed E-state index contributed by atoms with van der Waals surface area (Å²) in [6.45, 7) is 0.844. The number of nitrogens with two attached hydrogens (primary N) is 1. The summed E-state index contributed by atoms with van der Waals surface area (Å²) in [5.74, 6) is -0.534. The van der Waals surface area contributed by atoms with Gasteiger partial charge in [-0.15, -0.1) is 0 Å². The van der Waals surface area contributed by atoms with Crippen LogP contribution in [-0.2, 0) is 16.8 Å². The zero-order chi connectivity index (χ0) is 20.7. The Morgan fingerprint density at radius 2 is 1.83 bits per heavy atom. The second kappa shape index (κ2) is 7.51. The number of primary amides is 1. The van der Waals surface area contributed by atoms with E-state index in [1.54, 1.807) is 12.1 Å². The van der Waals surface area contributed by atoms with Gasteiger partial charge in [0.2, 0.25) is 5.91 Å². The highest BCUT2D eigenvalue weighted by molar-refractivity contribution is 5.87. The van der Waals surface area contributed by atoms with Crippen LogP contribution >= 0.6 is 0 Å². The minimum atomic E-state index is -0.214. The highest BCUT2D eigenvalue weighted by atomic mass is 19.1. The molecule has 0 bridgehead atoms. The van der Waals surface area contributed by atoms with Crippen molar-refractivity contribution >= 4 is 16.7 Å². The van der Waals surface area contributed by atoms with Gasteiger partial charge in [0.25, 0.3) is 0 Å². The molecule has 1 aliphatic carbocycles. The van der Waals surface area contributed by atoms with E-state index in [9.17, 15) is 9.18 Å². The number of rotatable bonds is 5. The maximum atomic E-state index is 13.8. The fourth-order valence-electron chi connectivity index (χ4n) is 5.46. The van der Waals surface area contributed by atoms with E-state index < -0.39 is 0 Å². The van der Waals surface area contributed by atoms with Crippen molar-refractivity contribution in [1.29, 1.82) is 0 Å². The number of hydrogen-bond donors (Lipinski definition) is 1. The minimum absolute atomic E-state index is 0.00146. The summed E-state index contributed by atoms with van der Waals surface area (Å²) in [4.78, 5) is 14.6. The van der Waals surface area contributed by atoms with Gasteiger partial charge in [-0.25, -0.2) is 4.39 Å². The van der Waals surface area contributed by atoms with Crippen molar-refractivity contribution in [2.75, 3.05) is 6.54 Å². The van der Waals surface area contributed by atoms with Gasteiger partial charge in [0.15, 0.2) is 0 Å². The molecule has 2 aliphatic rings. The number of piperidine rings is 1. The molecule has 1 amide bonds. The van der Waals surface area contributed by atoms with Crippen molar-refractivity contribution in [2.24, 2.45) is 11.7 Å². The maximum absolute atomic E-state index is 13.8. The fraction of sp³-hybridized carbons (Fsp3) is 0.346. The van der Waals surface area contributed by atoms with E-state index in [1.807, 2.05) is 6.07 Å². The van der Waals surface area contributed by atoms with Crippen molar-refractivity contribution in [2.45, 2.75) is 43.7 Å². The highest BCUT2D eigenvalue weighted by Gasteiger charge is 2.53. The molecule has 0 radical (unpaired) electrons. The van der Waals surface area contributed by atoms with Crippen LogP contribution in [0, 0.1) is 11.7 Å². The molecule has 0 spiro atoms. The smallest absolute Gasteiger partial charge is 0.220 e. The molecule has 1 saturated carbocycles. The van der Waals surface area contributed by atoms with Gasteiger partial charge in [0.1, 0.15) is 5.82 Å². The van der Waals surface area contributed by atoms with Crippen molar-refractivity contribution in [3.63, 3.8) is 0 Å². The number of nitrogens with zero attached hydrogens (tertiary/aromatic N) is 1. The Morgan fingerprint density at radius 3 is 2.60 bits per heavy atom. The van der Waals surface area contributed by atoms with E-state index in [4.69, 9.17) is 5.73 Å². The Morgan fingerprint density at radius 1 is 1.07 bits per heavy atom. The molecule has 3 nitrogen and oxygen atoms in total. The van der Waals surface area contributed by atoms with E-state index in [1.165, 1.54) is 22.4 Å². The Labute approximate surface area is 176 Å². The maximum Gasteiger partial charge on any atom is 0.220 e. The fourth-order valence-corrected chi connectivity index (χ4v) is 5.46. The zero-order valence-corrected chi connectivity index (χ0v) is 17.1. The topological polar surface area (TPSA) is 46.3 Å². The molecule has 2 N–H and O–H groups in total. The molecular weight excluding hydrogens is 375 g/mol. The molecule has 2 unspecified atom stereocenters. The van der Waals surface area contributed by atoms with Gasteiger partial charge in [-0.3, -0.25) is 9.69 Å². The summed E-state index contributed by atoms with van der Waals surface area (Å²) in [6, 6.07) is 22.1. The number of fused-ring (bicyclic) bond motifs is 1. The second-order valence-electron chi connectivity index (χ2n) is 8.86. The molecule has 5 rings (SSSR count). The number of hydrogen-bond acceptors (Lipinski definition) is 2. The first-order valence-electron chi connectivity index (χ1n) is 10.9. The first-order chi connectivity index (χ1) is 14.6. The third kappa shape index (κ3) is 3.39. The van der Waals surface area contributed by atoms with Crippen LogP contribution in [0.2, 0.25) is 0 Å². The predicted molar refractivity (Wildman–Crippen MR) is 117 cm³/mol. The molecule has 154 valence electrons. The SMILES string of the molecule is NC(=O)C1CCN(C2(c3cccc4ccccc34)CC2)C(Cc2cccc(F)c2)C1. The largest absolute Gasteiger partial charge is 0.369 e. The van der Waals surface area contributed by atoms with Gasteiger partial charge >= 0.3 is 0 Å². The minimum Gasteiger partial charge on any atom is -0.369 e. The molecule has 2 atom stereocenters. The van der Waals surface area contributed by atoms with Crippen molar-refractivity contribution in [3.8, 4) is 0 Å². The molecule has 4 heteroatoms. The predicted octanol–water partition coefficient (Wildman–Crippen LogP) is 4.78. The van der Waals surface area contributed by atoms with Gasteiger partial charge in [-0.05, 0) is 66.1 Å². The number of carbonyl (C=O) groups excluding carboxylic acids is 1. The van der Waals surface area contributed by atoms with Crippen LogP contribution in [0.4, 0.5) is 4.39 Å². The van der Waals surface area contributed by atoms with Crippen LogP contribution in [0.1, 0.15) is 36.8 Å². The van der Waals surface area contributed by atoms with Gasteiger partial charge in [0, 0.05) is 24.0 Å². The van der Waals surface area contributed by atoms with Gasteiger partial charge in [0.05, 0.1) is 0 Å². The first-order valence-corrected chi connectivity index (χ1v) is 10.9. The summed E-state index contributed by atoms with van der Waals surface area (Å²) in [7, 11) is 0. The van der Waals surface area contributed by atoms with Crippen LogP contribution < -0.4 is 5.73 Å². The van der Waals surface area contributed by atoms with Crippen molar-refractivity contribution in [3.05, 3.63) is 83.7 Å². The number of likely N-dealkylation sites (tertiary alicyclic amines) is 1. The van der Waals surface area contributed by atoms with E-state index in [-0.39, 0.29) is 29.2 Å². The molecule has 1 aliphatic heterocycles. The van der Waals surface area contributed by atoms with Gasteiger partial charge < -0.3 is 5.73 Å². The molecular formula is C26H27FN2O. The van der Waals surface area contributed by atoms with Crippen LogP contribution in [0.25, 0.3) is 10.8 Å². The Balaban J connectivity index is 1.52. The number of halogens is 1. The molecule has 1 saturated heterocycles. The molecule has 0 aromatic heterocycles. The molecule has 30 heavy (non-hydrogen) atoms. The quantitative estimate of drug-likeness (QED) is 0.668. The van der Waals surface area contributed by atoms with Crippen molar-refractivity contribution < 1.29 is 9.18 Å². The number of amides is 1. The van der Waals surface area contributed by atoms with Gasteiger partial charge in [-0.2, -0.15) is 0 Å². The number of carbonyl (C=O) groups is 1. The summed E-state index contributed by atoms with van der Waals surface area (Å²) in [5.41, 5.74) is 8.04. The Bertz CT molecular complexity index is 1090. The van der Waals surface area contributed by atoms with Crippen LogP contribution in [0.3, 0.4) is 0 Å². The van der Waals surface area contributed by atoms with Crippen LogP contribution in [0.5, 0.6) is 0 Å². The normalized spacial score (nSPS) is 23.4. The summed E-state index contributed by atoms with van der Waals surface area (Å²) < 4.78 is 13.8. The third-order valence-electron chi connectivity index (χ3n) is 7.04. The molecule has 3 aromatic rings. The zero-order valence-electron chi connectivity index (χ0n) is 17.1. The Hall–Kier alpha value is -2.72. The monoisotopic (exact) mass is 402 g/mol. The van der Waals surface area contributed by atoms with Gasteiger partial charge in [-0.1, -0.05) is 54.6 Å². The summed E-state index contributed by atoms with van der Waals surface area (Å²) in [5, 5.41) is 2.56. The summed E-state index contributed by atoms with van der Waals surface area (Å²) >= 11 is 0. The lowest BCUT2D eigenvalue weighted by Gasteiger charge is -2.44. The third-order valence-corrected chi connectivity index (χ3v) is 7.04. The average Bonchev–Trinajstić information content (AvgIpc) is 3.55. The van der Waals surface area contributed by atoms with E-state index in [0.29, 0.717) is 0 Å². The van der Waals surface area contributed by atoms with E-state index >= 15 is 0 Å². The lowest BCUT2D eigenvalue weighted by atomic mass is 9.84. The molecule has 3 aromatic carbocycles. The summed E-state index contributed by atoms with van der Waals surface area (Å²) in [6.07, 6.45) is 4.48. The second-order valence-corrected chi connectivity index (χ2v) is 8.86. The van der Waals surface area contributed by atoms with E-state index in [0.717, 1.165) is 44.2 Å². The van der Waals surface area contributed by atoms with Crippen molar-refractivity contribution in [1.82, 2.24) is 4.90 Å². The Kier molecular flexibility index (Phi) is 4.82. The average molecular weight is 403 g/mol. The lowest BCUT2D eigenvalue weighted by molar-refractivity contribution is -0.124. The standard InChI is InChI=1S/C26H27FN2O/c27-21-8-3-5-18(15-21)16-22-17-20(25(28)30)11-14-29(22)26(12-13-26)24-10-4-7-19-6-1-2-9-23(19)24/h1-10,15,20,22H,11-14,16-17H2,(H2,28,30). The lowest BCUT2D eigenvalue weighted by Crippen LogP contribution is -2.51.